The fourth-order valence-corrected chi connectivity index (χ4v) is 2.85. The summed E-state index contributed by atoms with van der Waals surface area (Å²) in [5.74, 6) is 1.39. The van der Waals surface area contributed by atoms with Gasteiger partial charge in [0.25, 0.3) is 6.01 Å². The first-order valence-corrected chi connectivity index (χ1v) is 11.2. The molecule has 2 N–H and O–H groups in total. The first-order valence-electron chi connectivity index (χ1n) is 11.2. The Morgan fingerprint density at radius 1 is 1.16 bits per heavy atom. The van der Waals surface area contributed by atoms with Crippen LogP contribution in [-0.2, 0) is 13.1 Å². The summed E-state index contributed by atoms with van der Waals surface area (Å²) >= 11 is 0. The van der Waals surface area contributed by atoms with E-state index in [1.165, 1.54) is 0 Å². The molecule has 8 heteroatoms. The molecule has 0 aliphatic rings. The van der Waals surface area contributed by atoms with Gasteiger partial charge >= 0.3 is 0 Å². The number of ether oxygens (including phenoxy) is 1. The van der Waals surface area contributed by atoms with Gasteiger partial charge in [0, 0.05) is 18.9 Å². The van der Waals surface area contributed by atoms with Gasteiger partial charge in [-0.3, -0.25) is 4.57 Å². The van der Waals surface area contributed by atoms with Crippen LogP contribution in [-0.4, -0.2) is 35.7 Å². The van der Waals surface area contributed by atoms with E-state index in [1.807, 2.05) is 56.0 Å². The van der Waals surface area contributed by atoms with Crippen molar-refractivity contribution in [2.75, 3.05) is 12.3 Å². The number of aryl methyl sites for hydroxylation is 1. The van der Waals surface area contributed by atoms with Crippen molar-refractivity contribution < 1.29 is 4.74 Å². The summed E-state index contributed by atoms with van der Waals surface area (Å²) in [4.78, 5) is 18.0. The fourth-order valence-electron chi connectivity index (χ4n) is 2.85. The standard InChI is InChI=1S/C20H25N7O.2C2H6/c1-5-8-9-11-26-12-10-22-19(26)17-24-16(21)15-18(25-17)27(13-14(4)6-2)20(23-15)28-7-3;2*1-2/h5-6,10,12H,1-2,4,7-9,11,13H2,3H3,(H2,21,24,25);2*1-2H3. The Morgan fingerprint density at radius 2 is 1.88 bits per heavy atom. The third-order valence-corrected chi connectivity index (χ3v) is 4.23. The van der Waals surface area contributed by atoms with Crippen molar-refractivity contribution in [3.63, 3.8) is 0 Å². The van der Waals surface area contributed by atoms with E-state index in [2.05, 4.69) is 34.7 Å². The third kappa shape index (κ3) is 6.29. The first kappa shape index (κ1) is 26.6. The summed E-state index contributed by atoms with van der Waals surface area (Å²) in [7, 11) is 0. The second kappa shape index (κ2) is 13.8. The first-order chi connectivity index (χ1) is 15.6. The maximum Gasteiger partial charge on any atom is 0.299 e. The van der Waals surface area contributed by atoms with Gasteiger partial charge in [0.1, 0.15) is 0 Å². The minimum atomic E-state index is 0.282. The fraction of sp³-hybridized carbons (Fsp3) is 0.417. The molecule has 3 heterocycles. The zero-order valence-electron chi connectivity index (χ0n) is 20.1. The largest absolute Gasteiger partial charge is 0.465 e. The van der Waals surface area contributed by atoms with Crippen LogP contribution in [0.25, 0.3) is 22.8 Å². The van der Waals surface area contributed by atoms with Crippen molar-refractivity contribution in [2.24, 2.45) is 0 Å². The van der Waals surface area contributed by atoms with Crippen LogP contribution in [0.5, 0.6) is 6.01 Å². The zero-order chi connectivity index (χ0) is 24.1. The lowest BCUT2D eigenvalue weighted by Gasteiger charge is -2.10. The second-order valence-corrected chi connectivity index (χ2v) is 6.26. The minimum Gasteiger partial charge on any atom is -0.465 e. The summed E-state index contributed by atoms with van der Waals surface area (Å²) in [6.45, 7) is 23.1. The highest BCUT2D eigenvalue weighted by Gasteiger charge is 2.20. The van der Waals surface area contributed by atoms with E-state index in [0.29, 0.717) is 42.0 Å². The van der Waals surface area contributed by atoms with Gasteiger partial charge < -0.3 is 15.0 Å². The highest BCUT2D eigenvalue weighted by Crippen LogP contribution is 2.27. The number of rotatable bonds is 10. The summed E-state index contributed by atoms with van der Waals surface area (Å²) in [6, 6.07) is 0.424. The van der Waals surface area contributed by atoms with Gasteiger partial charge in [-0.05, 0) is 25.3 Å². The lowest BCUT2D eigenvalue weighted by molar-refractivity contribution is 0.301. The Kier molecular flexibility index (Phi) is 11.5. The van der Waals surface area contributed by atoms with Crippen molar-refractivity contribution in [1.82, 2.24) is 29.1 Å². The van der Waals surface area contributed by atoms with Gasteiger partial charge in [-0.25, -0.2) is 15.0 Å². The number of fused-ring (bicyclic) bond motifs is 1. The maximum absolute atomic E-state index is 6.20. The van der Waals surface area contributed by atoms with E-state index in [-0.39, 0.29) is 5.82 Å². The monoisotopic (exact) mass is 439 g/mol. The van der Waals surface area contributed by atoms with Gasteiger partial charge in [0.15, 0.2) is 28.6 Å². The van der Waals surface area contributed by atoms with E-state index in [9.17, 15) is 0 Å². The normalized spacial score (nSPS) is 9.91. The molecule has 32 heavy (non-hydrogen) atoms. The number of nitrogens with zero attached hydrogens (tertiary/aromatic N) is 6. The van der Waals surface area contributed by atoms with Gasteiger partial charge in [0.05, 0.1) is 13.2 Å². The van der Waals surface area contributed by atoms with Crippen molar-refractivity contribution in [2.45, 2.75) is 60.5 Å². The molecule has 0 saturated carbocycles. The molecule has 0 unspecified atom stereocenters. The molecule has 3 aromatic rings. The van der Waals surface area contributed by atoms with Gasteiger partial charge in [0.2, 0.25) is 0 Å². The number of unbranched alkanes of at least 4 members (excludes halogenated alkanes) is 1. The predicted octanol–water partition coefficient (Wildman–Crippen LogP) is 5.43. The predicted molar refractivity (Wildman–Crippen MR) is 134 cm³/mol. The van der Waals surface area contributed by atoms with Crippen LogP contribution in [0.4, 0.5) is 5.82 Å². The molecule has 3 rings (SSSR count). The highest BCUT2D eigenvalue weighted by atomic mass is 16.5. The minimum absolute atomic E-state index is 0.282. The number of hydrogen-bond acceptors (Lipinski definition) is 6. The van der Waals surface area contributed by atoms with Crippen LogP contribution in [0.3, 0.4) is 0 Å². The summed E-state index contributed by atoms with van der Waals surface area (Å²) in [5.41, 5.74) is 8.08. The molecular formula is C24H37N7O. The molecule has 0 aromatic carbocycles. The van der Waals surface area contributed by atoms with Crippen LogP contribution < -0.4 is 10.5 Å². The Balaban J connectivity index is 0.00000121. The number of aromatic nitrogens is 6. The summed E-state index contributed by atoms with van der Waals surface area (Å²) in [5, 5.41) is 0. The molecule has 0 spiro atoms. The van der Waals surface area contributed by atoms with Crippen molar-refractivity contribution >= 4 is 17.0 Å². The number of imidazole rings is 2. The molecule has 0 saturated heterocycles. The summed E-state index contributed by atoms with van der Waals surface area (Å²) in [6.07, 6.45) is 9.11. The van der Waals surface area contributed by atoms with E-state index < -0.39 is 0 Å². The molecular weight excluding hydrogens is 402 g/mol. The van der Waals surface area contributed by atoms with Gasteiger partial charge in [-0.2, -0.15) is 4.98 Å². The maximum atomic E-state index is 6.20. The molecule has 0 aliphatic carbocycles. The van der Waals surface area contributed by atoms with E-state index >= 15 is 0 Å². The van der Waals surface area contributed by atoms with Crippen molar-refractivity contribution in [1.29, 1.82) is 0 Å². The zero-order valence-corrected chi connectivity index (χ0v) is 20.1. The van der Waals surface area contributed by atoms with Crippen LogP contribution in [0.15, 0.2) is 49.9 Å². The molecule has 8 nitrogen and oxygen atoms in total. The van der Waals surface area contributed by atoms with Crippen LogP contribution in [0.2, 0.25) is 0 Å². The molecule has 0 aliphatic heterocycles. The molecule has 0 radical (unpaired) electrons. The Bertz CT molecular complexity index is 1020. The second-order valence-electron chi connectivity index (χ2n) is 6.26. The quantitative estimate of drug-likeness (QED) is 0.257. The van der Waals surface area contributed by atoms with E-state index in [1.54, 1.807) is 12.3 Å². The van der Waals surface area contributed by atoms with Crippen LogP contribution in [0.1, 0.15) is 47.5 Å². The average Bonchev–Trinajstić information content (AvgIpc) is 3.42. The molecule has 0 fully saturated rings. The number of anilines is 1. The lowest BCUT2D eigenvalue weighted by atomic mass is 10.3. The van der Waals surface area contributed by atoms with E-state index in [4.69, 9.17) is 15.5 Å². The third-order valence-electron chi connectivity index (χ3n) is 4.23. The Morgan fingerprint density at radius 3 is 2.50 bits per heavy atom. The SMILES string of the molecule is C=CCCCn1ccnc1-c1nc(N)c2nc(OCC)n(CC(=C)C=C)c2n1.CC.CC. The highest BCUT2D eigenvalue weighted by molar-refractivity contribution is 5.84. The number of nitrogens with two attached hydrogens (primary N) is 1. The number of nitrogen functional groups attached to an aromatic ring is 1. The topological polar surface area (TPSA) is 96.7 Å². The van der Waals surface area contributed by atoms with Crippen molar-refractivity contribution in [3.05, 3.63) is 49.9 Å². The van der Waals surface area contributed by atoms with E-state index in [0.717, 1.165) is 25.0 Å². The Hall–Kier alpha value is -3.42. The van der Waals surface area contributed by atoms with Crippen LogP contribution >= 0.6 is 0 Å². The number of allylic oxidation sites excluding steroid dienone is 3. The molecule has 0 bridgehead atoms. The van der Waals surface area contributed by atoms with Gasteiger partial charge in [-0.1, -0.05) is 53.0 Å². The van der Waals surface area contributed by atoms with Crippen LogP contribution in [0, 0.1) is 0 Å². The smallest absolute Gasteiger partial charge is 0.299 e. The Labute approximate surface area is 191 Å². The molecule has 0 amide bonds. The molecule has 174 valence electrons. The summed E-state index contributed by atoms with van der Waals surface area (Å²) < 4.78 is 9.50. The molecule has 3 aromatic heterocycles. The lowest BCUT2D eigenvalue weighted by Crippen LogP contribution is -2.08. The average molecular weight is 440 g/mol. The molecule has 0 atom stereocenters. The number of hydrogen-bond donors (Lipinski definition) is 1. The van der Waals surface area contributed by atoms with Crippen molar-refractivity contribution in [3.8, 4) is 17.7 Å². The van der Waals surface area contributed by atoms with Gasteiger partial charge in [-0.15, -0.1) is 6.58 Å².